The molecule has 0 spiro atoms. The fraction of sp³-hybridized carbons (Fsp3) is 0.375. The first-order chi connectivity index (χ1) is 9.58. The molecule has 0 bridgehead atoms. The van der Waals surface area contributed by atoms with Gasteiger partial charge in [0.15, 0.2) is 0 Å². The Bertz CT molecular complexity index is 577. The van der Waals surface area contributed by atoms with Crippen LogP contribution in [0.15, 0.2) is 34.7 Å². The summed E-state index contributed by atoms with van der Waals surface area (Å²) in [4.78, 5) is 0. The molecule has 0 aliphatic heterocycles. The lowest BCUT2D eigenvalue weighted by atomic mass is 9.88. The van der Waals surface area contributed by atoms with Crippen LogP contribution in [0.25, 0.3) is 0 Å². The molecule has 0 amide bonds. The van der Waals surface area contributed by atoms with Gasteiger partial charge in [0.05, 0.1) is 13.2 Å². The van der Waals surface area contributed by atoms with E-state index in [0.717, 1.165) is 28.4 Å². The summed E-state index contributed by atoms with van der Waals surface area (Å²) >= 11 is 0. The van der Waals surface area contributed by atoms with Crippen LogP contribution in [0.3, 0.4) is 0 Å². The Morgan fingerprint density at radius 1 is 1.25 bits per heavy atom. The first-order valence-corrected chi connectivity index (χ1v) is 6.66. The van der Waals surface area contributed by atoms with Gasteiger partial charge in [0, 0.05) is 23.6 Å². The maximum atomic E-state index is 10.7. The summed E-state index contributed by atoms with van der Waals surface area (Å²) in [5, 5.41) is 10.7. The van der Waals surface area contributed by atoms with E-state index in [9.17, 15) is 5.11 Å². The van der Waals surface area contributed by atoms with Crippen LogP contribution >= 0.6 is 0 Å². The monoisotopic (exact) mass is 275 g/mol. The number of aliphatic hydroxyl groups is 1. The Kier molecular flexibility index (Phi) is 4.47. The SMILES string of the molecule is COc1ccccc1C(CN)C(O)c1cc(C)oc1C. The zero-order chi connectivity index (χ0) is 14.7. The molecule has 2 rings (SSSR count). The van der Waals surface area contributed by atoms with Crippen molar-refractivity contribution in [2.45, 2.75) is 25.9 Å². The first-order valence-electron chi connectivity index (χ1n) is 6.66. The fourth-order valence-corrected chi connectivity index (χ4v) is 2.56. The molecule has 0 saturated carbocycles. The summed E-state index contributed by atoms with van der Waals surface area (Å²) in [6.45, 7) is 4.04. The highest BCUT2D eigenvalue weighted by atomic mass is 16.5. The second-order valence-electron chi connectivity index (χ2n) is 4.90. The average molecular weight is 275 g/mol. The molecule has 3 N–H and O–H groups in total. The second kappa shape index (κ2) is 6.11. The van der Waals surface area contributed by atoms with Crippen LogP contribution in [-0.2, 0) is 0 Å². The van der Waals surface area contributed by atoms with Crippen molar-refractivity contribution in [2.24, 2.45) is 5.73 Å². The molecule has 2 aromatic rings. The van der Waals surface area contributed by atoms with Gasteiger partial charge in [-0.3, -0.25) is 0 Å². The zero-order valence-corrected chi connectivity index (χ0v) is 12.1. The van der Waals surface area contributed by atoms with Gasteiger partial charge in [-0.25, -0.2) is 0 Å². The van der Waals surface area contributed by atoms with Crippen molar-refractivity contribution >= 4 is 0 Å². The number of nitrogens with two attached hydrogens (primary N) is 1. The van der Waals surface area contributed by atoms with E-state index in [-0.39, 0.29) is 5.92 Å². The van der Waals surface area contributed by atoms with E-state index < -0.39 is 6.10 Å². The summed E-state index contributed by atoms with van der Waals surface area (Å²) in [6.07, 6.45) is -0.714. The molecule has 4 nitrogen and oxygen atoms in total. The van der Waals surface area contributed by atoms with Gasteiger partial charge >= 0.3 is 0 Å². The van der Waals surface area contributed by atoms with Gasteiger partial charge in [0.2, 0.25) is 0 Å². The van der Waals surface area contributed by atoms with Crippen LogP contribution in [0, 0.1) is 13.8 Å². The second-order valence-corrected chi connectivity index (χ2v) is 4.90. The summed E-state index contributed by atoms with van der Waals surface area (Å²) in [5.74, 6) is 2.01. The molecule has 2 atom stereocenters. The minimum absolute atomic E-state index is 0.234. The van der Waals surface area contributed by atoms with E-state index in [1.807, 2.05) is 44.2 Å². The molecule has 0 fully saturated rings. The van der Waals surface area contributed by atoms with Crippen molar-refractivity contribution < 1.29 is 14.3 Å². The topological polar surface area (TPSA) is 68.6 Å². The van der Waals surface area contributed by atoms with Gasteiger partial charge in [0.1, 0.15) is 17.3 Å². The third-order valence-corrected chi connectivity index (χ3v) is 3.57. The maximum absolute atomic E-state index is 10.7. The van der Waals surface area contributed by atoms with Crippen molar-refractivity contribution in [3.8, 4) is 5.75 Å². The Balaban J connectivity index is 2.39. The standard InChI is InChI=1S/C16H21NO3/c1-10-8-13(11(2)20-10)16(18)14(9-17)12-6-4-5-7-15(12)19-3/h4-8,14,16,18H,9,17H2,1-3H3. The van der Waals surface area contributed by atoms with Gasteiger partial charge in [-0.15, -0.1) is 0 Å². The van der Waals surface area contributed by atoms with E-state index in [1.54, 1.807) is 7.11 Å². The number of furan rings is 1. The molecule has 108 valence electrons. The summed E-state index contributed by atoms with van der Waals surface area (Å²) < 4.78 is 10.9. The van der Waals surface area contributed by atoms with Crippen molar-refractivity contribution in [3.05, 3.63) is 53.0 Å². The molecule has 1 heterocycles. The normalized spacial score (nSPS) is 14.1. The molecular weight excluding hydrogens is 254 g/mol. The van der Waals surface area contributed by atoms with Gasteiger partial charge in [0.25, 0.3) is 0 Å². The molecule has 0 radical (unpaired) electrons. The highest BCUT2D eigenvalue weighted by Crippen LogP contribution is 2.37. The molecule has 20 heavy (non-hydrogen) atoms. The summed E-state index contributed by atoms with van der Waals surface area (Å²) in [5.41, 5.74) is 7.56. The Morgan fingerprint density at radius 2 is 1.95 bits per heavy atom. The number of hydrogen-bond acceptors (Lipinski definition) is 4. The van der Waals surface area contributed by atoms with Crippen LogP contribution in [-0.4, -0.2) is 18.8 Å². The minimum atomic E-state index is -0.714. The Labute approximate surface area is 119 Å². The van der Waals surface area contributed by atoms with Crippen molar-refractivity contribution in [1.82, 2.24) is 0 Å². The third kappa shape index (κ3) is 2.71. The largest absolute Gasteiger partial charge is 0.496 e. The van der Waals surface area contributed by atoms with Gasteiger partial charge in [-0.05, 0) is 26.0 Å². The first kappa shape index (κ1) is 14.6. The Morgan fingerprint density at radius 3 is 2.50 bits per heavy atom. The van der Waals surface area contributed by atoms with Gasteiger partial charge in [-0.2, -0.15) is 0 Å². The van der Waals surface area contributed by atoms with E-state index in [1.165, 1.54) is 0 Å². The number of benzene rings is 1. The number of ether oxygens (including phenoxy) is 1. The van der Waals surface area contributed by atoms with Crippen LogP contribution in [0.4, 0.5) is 0 Å². The maximum Gasteiger partial charge on any atom is 0.122 e. The molecule has 0 saturated heterocycles. The van der Waals surface area contributed by atoms with E-state index in [4.69, 9.17) is 14.9 Å². The number of aliphatic hydroxyl groups excluding tert-OH is 1. The number of para-hydroxylation sites is 1. The molecule has 1 aromatic heterocycles. The van der Waals surface area contributed by atoms with Crippen LogP contribution < -0.4 is 10.5 Å². The van der Waals surface area contributed by atoms with Crippen molar-refractivity contribution in [3.63, 3.8) is 0 Å². The van der Waals surface area contributed by atoms with E-state index in [2.05, 4.69) is 0 Å². The van der Waals surface area contributed by atoms with Gasteiger partial charge < -0.3 is 20.0 Å². The number of rotatable bonds is 5. The third-order valence-electron chi connectivity index (χ3n) is 3.57. The minimum Gasteiger partial charge on any atom is -0.496 e. The fourth-order valence-electron chi connectivity index (χ4n) is 2.56. The Hall–Kier alpha value is -1.78. The molecule has 4 heteroatoms. The highest BCUT2D eigenvalue weighted by Gasteiger charge is 2.26. The lowest BCUT2D eigenvalue weighted by Gasteiger charge is -2.23. The quantitative estimate of drug-likeness (QED) is 0.880. The number of hydrogen-bond donors (Lipinski definition) is 2. The van der Waals surface area contributed by atoms with E-state index in [0.29, 0.717) is 6.54 Å². The summed E-state index contributed by atoms with van der Waals surface area (Å²) in [7, 11) is 1.62. The lowest BCUT2D eigenvalue weighted by molar-refractivity contribution is 0.144. The lowest BCUT2D eigenvalue weighted by Crippen LogP contribution is -2.21. The van der Waals surface area contributed by atoms with Crippen molar-refractivity contribution in [2.75, 3.05) is 13.7 Å². The predicted octanol–water partition coefficient (Wildman–Crippen LogP) is 2.68. The van der Waals surface area contributed by atoms with Crippen LogP contribution in [0.5, 0.6) is 5.75 Å². The average Bonchev–Trinajstić information content (AvgIpc) is 2.79. The number of aryl methyl sites for hydroxylation is 2. The van der Waals surface area contributed by atoms with Crippen LogP contribution in [0.2, 0.25) is 0 Å². The zero-order valence-electron chi connectivity index (χ0n) is 12.1. The van der Waals surface area contributed by atoms with Crippen LogP contribution in [0.1, 0.15) is 34.7 Å². The predicted molar refractivity (Wildman–Crippen MR) is 77.9 cm³/mol. The van der Waals surface area contributed by atoms with E-state index >= 15 is 0 Å². The molecule has 1 aromatic carbocycles. The number of methoxy groups -OCH3 is 1. The van der Waals surface area contributed by atoms with Crippen molar-refractivity contribution in [1.29, 1.82) is 0 Å². The highest BCUT2D eigenvalue weighted by molar-refractivity contribution is 5.39. The van der Waals surface area contributed by atoms with Gasteiger partial charge in [-0.1, -0.05) is 18.2 Å². The molecule has 2 unspecified atom stereocenters. The molecule has 0 aliphatic rings. The molecular formula is C16H21NO3. The molecule has 0 aliphatic carbocycles. The smallest absolute Gasteiger partial charge is 0.122 e. The summed E-state index contributed by atoms with van der Waals surface area (Å²) in [6, 6.07) is 9.48.